The number of hydrogen-bond donors (Lipinski definition) is 1. The van der Waals surface area contributed by atoms with Crippen molar-refractivity contribution in [1.29, 1.82) is 0 Å². The summed E-state index contributed by atoms with van der Waals surface area (Å²) < 4.78 is 0. The summed E-state index contributed by atoms with van der Waals surface area (Å²) in [5.74, 6) is 0.290. The van der Waals surface area contributed by atoms with Crippen LogP contribution in [0.2, 0.25) is 0 Å². The number of carboxylic acids is 1. The van der Waals surface area contributed by atoms with Gasteiger partial charge in [-0.2, -0.15) is 11.8 Å². The third-order valence-electron chi connectivity index (χ3n) is 4.12. The normalized spacial score (nSPS) is 25.9. The van der Waals surface area contributed by atoms with Gasteiger partial charge >= 0.3 is 5.97 Å². The smallest absolute Gasteiger partial charge is 0.307 e. The number of amides is 1. The van der Waals surface area contributed by atoms with Crippen molar-refractivity contribution in [3.8, 4) is 0 Å². The van der Waals surface area contributed by atoms with Gasteiger partial charge in [0.15, 0.2) is 0 Å². The molecule has 0 aromatic heterocycles. The monoisotopic (exact) mass is 257 g/mol. The molecule has 17 heavy (non-hydrogen) atoms. The number of aliphatic carboxylic acids is 1. The van der Waals surface area contributed by atoms with Crippen LogP contribution in [0.4, 0.5) is 0 Å². The van der Waals surface area contributed by atoms with E-state index >= 15 is 0 Å². The molecule has 1 amide bonds. The first-order chi connectivity index (χ1) is 8.09. The zero-order valence-corrected chi connectivity index (χ0v) is 11.0. The Balaban J connectivity index is 1.79. The first-order valence-corrected chi connectivity index (χ1v) is 7.48. The largest absolute Gasteiger partial charge is 0.481 e. The lowest BCUT2D eigenvalue weighted by atomic mass is 9.90. The molecule has 2 aliphatic rings. The maximum absolute atomic E-state index is 11.8. The fourth-order valence-electron chi connectivity index (χ4n) is 2.80. The molecule has 96 valence electrons. The highest BCUT2D eigenvalue weighted by molar-refractivity contribution is 7.98. The molecule has 0 radical (unpaired) electrons. The van der Waals surface area contributed by atoms with E-state index in [1.165, 1.54) is 0 Å². The zero-order chi connectivity index (χ0) is 12.5. The van der Waals surface area contributed by atoms with E-state index in [2.05, 4.69) is 0 Å². The lowest BCUT2D eigenvalue weighted by Gasteiger charge is -2.32. The molecule has 1 N–H and O–H groups in total. The van der Waals surface area contributed by atoms with Crippen LogP contribution >= 0.6 is 11.8 Å². The van der Waals surface area contributed by atoms with Crippen LogP contribution in [-0.4, -0.2) is 47.0 Å². The van der Waals surface area contributed by atoms with Crippen molar-refractivity contribution in [2.75, 3.05) is 25.1 Å². The molecule has 4 nitrogen and oxygen atoms in total. The average Bonchev–Trinajstić information content (AvgIpc) is 3.01. The van der Waals surface area contributed by atoms with Crippen LogP contribution in [0.25, 0.3) is 0 Å². The molecule has 2 rings (SSSR count). The number of carbonyl (C=O) groups excluding carboxylic acids is 1. The molecule has 1 unspecified atom stereocenters. The standard InChI is InChI=1S/C12H19NO3S/c1-17-7-2-10(14)13-5-3-12(4-6-13)8-9(12)11(15)16/h9H,2-8H2,1H3,(H,15,16). The summed E-state index contributed by atoms with van der Waals surface area (Å²) in [5, 5.41) is 8.98. The minimum atomic E-state index is -0.660. The average molecular weight is 257 g/mol. The van der Waals surface area contributed by atoms with Gasteiger partial charge in [0.1, 0.15) is 0 Å². The van der Waals surface area contributed by atoms with Crippen LogP contribution in [-0.2, 0) is 9.59 Å². The minimum absolute atomic E-state index is 0.0299. The summed E-state index contributed by atoms with van der Waals surface area (Å²) in [6.07, 6.45) is 5.16. The highest BCUT2D eigenvalue weighted by Gasteiger charge is 2.59. The van der Waals surface area contributed by atoms with Crippen molar-refractivity contribution >= 4 is 23.6 Å². The number of hydrogen-bond acceptors (Lipinski definition) is 3. The third-order valence-corrected chi connectivity index (χ3v) is 4.73. The molecule has 0 aromatic rings. The van der Waals surface area contributed by atoms with Gasteiger partial charge in [0, 0.05) is 25.3 Å². The van der Waals surface area contributed by atoms with E-state index in [1.807, 2.05) is 11.2 Å². The molecule has 0 bridgehead atoms. The molecule has 1 aliphatic heterocycles. The van der Waals surface area contributed by atoms with Crippen LogP contribution < -0.4 is 0 Å². The maximum Gasteiger partial charge on any atom is 0.307 e. The fraction of sp³-hybridized carbons (Fsp3) is 0.833. The lowest BCUT2D eigenvalue weighted by Crippen LogP contribution is -2.40. The van der Waals surface area contributed by atoms with E-state index in [0.717, 1.165) is 38.1 Å². The van der Waals surface area contributed by atoms with E-state index in [4.69, 9.17) is 5.11 Å². The Bertz CT molecular complexity index is 324. The van der Waals surface area contributed by atoms with Gasteiger partial charge in [-0.15, -0.1) is 0 Å². The molecule has 2 fully saturated rings. The SMILES string of the molecule is CSCCC(=O)N1CCC2(CC1)CC2C(=O)O. The summed E-state index contributed by atoms with van der Waals surface area (Å²) in [7, 11) is 0. The Morgan fingerprint density at radius 2 is 2.06 bits per heavy atom. The Morgan fingerprint density at radius 1 is 1.41 bits per heavy atom. The van der Waals surface area contributed by atoms with Gasteiger partial charge in [0.2, 0.25) is 5.91 Å². The third kappa shape index (κ3) is 2.59. The number of thioether (sulfide) groups is 1. The number of nitrogens with zero attached hydrogens (tertiary/aromatic N) is 1. The Morgan fingerprint density at radius 3 is 2.53 bits per heavy atom. The summed E-state index contributed by atoms with van der Waals surface area (Å²) in [6.45, 7) is 1.49. The van der Waals surface area contributed by atoms with Crippen molar-refractivity contribution in [3.05, 3.63) is 0 Å². The van der Waals surface area contributed by atoms with Crippen molar-refractivity contribution in [2.45, 2.75) is 25.7 Å². The number of carbonyl (C=O) groups is 2. The summed E-state index contributed by atoms with van der Waals surface area (Å²) in [5.41, 5.74) is 0.0299. The molecule has 1 spiro atoms. The second-order valence-electron chi connectivity index (χ2n) is 5.08. The molecular formula is C12H19NO3S. The topological polar surface area (TPSA) is 57.6 Å². The maximum atomic E-state index is 11.8. The number of piperidine rings is 1. The second-order valence-corrected chi connectivity index (χ2v) is 6.07. The molecule has 5 heteroatoms. The van der Waals surface area contributed by atoms with Gasteiger partial charge in [0.25, 0.3) is 0 Å². The Labute approximate surface area is 106 Å². The van der Waals surface area contributed by atoms with Gasteiger partial charge in [-0.25, -0.2) is 0 Å². The van der Waals surface area contributed by atoms with E-state index in [0.29, 0.717) is 6.42 Å². The molecule has 1 saturated heterocycles. The van der Waals surface area contributed by atoms with Crippen LogP contribution in [0.3, 0.4) is 0 Å². The van der Waals surface area contributed by atoms with Crippen molar-refractivity contribution in [2.24, 2.45) is 11.3 Å². The highest BCUT2D eigenvalue weighted by Crippen LogP contribution is 2.59. The summed E-state index contributed by atoms with van der Waals surface area (Å²) >= 11 is 1.69. The van der Waals surface area contributed by atoms with Crippen molar-refractivity contribution in [3.63, 3.8) is 0 Å². The molecule has 0 aromatic carbocycles. The van der Waals surface area contributed by atoms with E-state index in [-0.39, 0.29) is 17.2 Å². The quantitative estimate of drug-likeness (QED) is 0.828. The first-order valence-electron chi connectivity index (χ1n) is 6.08. The van der Waals surface area contributed by atoms with Crippen molar-refractivity contribution in [1.82, 2.24) is 4.90 Å². The lowest BCUT2D eigenvalue weighted by molar-refractivity contribution is -0.139. The van der Waals surface area contributed by atoms with Crippen LogP contribution in [0.15, 0.2) is 0 Å². The highest BCUT2D eigenvalue weighted by atomic mass is 32.2. The van der Waals surface area contributed by atoms with Crippen LogP contribution in [0, 0.1) is 11.3 Å². The van der Waals surface area contributed by atoms with Crippen molar-refractivity contribution < 1.29 is 14.7 Å². The van der Waals surface area contributed by atoms with Gasteiger partial charge in [-0.3, -0.25) is 9.59 Å². The Hall–Kier alpha value is -0.710. The van der Waals surface area contributed by atoms with E-state index < -0.39 is 5.97 Å². The Kier molecular flexibility index (Phi) is 3.66. The van der Waals surface area contributed by atoms with E-state index in [1.54, 1.807) is 11.8 Å². The summed E-state index contributed by atoms with van der Waals surface area (Å²) in [6, 6.07) is 0. The van der Waals surface area contributed by atoms with E-state index in [9.17, 15) is 9.59 Å². The molecule has 1 heterocycles. The molecule has 1 aliphatic carbocycles. The van der Waals surface area contributed by atoms with Crippen LogP contribution in [0.5, 0.6) is 0 Å². The van der Waals surface area contributed by atoms with Gasteiger partial charge in [0.05, 0.1) is 5.92 Å². The summed E-state index contributed by atoms with van der Waals surface area (Å²) in [4.78, 5) is 24.6. The molecule has 1 saturated carbocycles. The number of carboxylic acid groups (broad SMARTS) is 1. The molecular weight excluding hydrogens is 238 g/mol. The van der Waals surface area contributed by atoms with Crippen LogP contribution in [0.1, 0.15) is 25.7 Å². The van der Waals surface area contributed by atoms with Gasteiger partial charge in [-0.05, 0) is 30.9 Å². The molecule has 1 atom stereocenters. The number of rotatable bonds is 4. The predicted molar refractivity (Wildman–Crippen MR) is 67.0 cm³/mol. The van der Waals surface area contributed by atoms with Gasteiger partial charge < -0.3 is 10.0 Å². The second kappa shape index (κ2) is 4.88. The zero-order valence-electron chi connectivity index (χ0n) is 10.1. The minimum Gasteiger partial charge on any atom is -0.481 e. The fourth-order valence-corrected chi connectivity index (χ4v) is 3.18. The first kappa shape index (κ1) is 12.7. The van der Waals surface area contributed by atoms with Gasteiger partial charge in [-0.1, -0.05) is 0 Å². The number of likely N-dealkylation sites (tertiary alicyclic amines) is 1. The predicted octanol–water partition coefficient (Wildman–Crippen LogP) is 1.45.